The summed E-state index contributed by atoms with van der Waals surface area (Å²) in [6, 6.07) is 6.52. The largest absolute Gasteiger partial charge is 0.327 e. The van der Waals surface area contributed by atoms with E-state index in [1.165, 1.54) is 11.1 Å². The van der Waals surface area contributed by atoms with Crippen molar-refractivity contribution in [3.05, 3.63) is 46.5 Å². The Kier molecular flexibility index (Phi) is 2.11. The van der Waals surface area contributed by atoms with Gasteiger partial charge in [0.05, 0.1) is 0 Å². The zero-order chi connectivity index (χ0) is 10.4. The molecule has 0 amide bonds. The Morgan fingerprint density at radius 1 is 1.33 bits per heavy atom. The molecular weight excluding hydrogens is 206 g/mol. The molecule has 2 aliphatic rings. The predicted octanol–water partition coefficient (Wildman–Crippen LogP) is 2.88. The number of allylic oxidation sites excluding steroid dienone is 1. The maximum atomic E-state index is 6.25. The van der Waals surface area contributed by atoms with E-state index in [1.807, 2.05) is 6.07 Å². The zero-order valence-electron chi connectivity index (χ0n) is 8.49. The lowest BCUT2D eigenvalue weighted by molar-refractivity contribution is 0.377. The highest BCUT2D eigenvalue weighted by molar-refractivity contribution is 6.30. The SMILES string of the molecule is NC1C2C=CCC1c1ccc(Cl)cc1C2. The summed E-state index contributed by atoms with van der Waals surface area (Å²) < 4.78 is 0. The highest BCUT2D eigenvalue weighted by Crippen LogP contribution is 2.40. The third-order valence-electron chi connectivity index (χ3n) is 3.69. The van der Waals surface area contributed by atoms with Crippen molar-refractivity contribution in [2.45, 2.75) is 24.8 Å². The zero-order valence-corrected chi connectivity index (χ0v) is 9.24. The molecule has 3 unspecified atom stereocenters. The maximum Gasteiger partial charge on any atom is 0.0408 e. The molecule has 2 N–H and O–H groups in total. The van der Waals surface area contributed by atoms with Gasteiger partial charge in [-0.15, -0.1) is 0 Å². The third-order valence-corrected chi connectivity index (χ3v) is 3.93. The second kappa shape index (κ2) is 3.36. The number of hydrogen-bond acceptors (Lipinski definition) is 1. The third kappa shape index (κ3) is 1.42. The molecule has 0 saturated heterocycles. The Balaban J connectivity index is 2.12. The Hall–Kier alpha value is -0.790. The molecule has 1 nitrogen and oxygen atoms in total. The van der Waals surface area contributed by atoms with E-state index in [1.54, 1.807) is 0 Å². The van der Waals surface area contributed by atoms with Crippen LogP contribution in [0, 0.1) is 5.92 Å². The molecule has 0 spiro atoms. The molecule has 3 atom stereocenters. The lowest BCUT2D eigenvalue weighted by Gasteiger charge is -2.38. The molecule has 0 radical (unpaired) electrons. The number of nitrogens with two attached hydrogens (primary N) is 1. The van der Waals surface area contributed by atoms with E-state index in [9.17, 15) is 0 Å². The summed E-state index contributed by atoms with van der Waals surface area (Å²) in [4.78, 5) is 0. The number of benzene rings is 1. The Bertz CT molecular complexity index is 425. The van der Waals surface area contributed by atoms with Crippen molar-refractivity contribution in [2.24, 2.45) is 11.7 Å². The predicted molar refractivity (Wildman–Crippen MR) is 63.1 cm³/mol. The Morgan fingerprint density at radius 3 is 3.07 bits per heavy atom. The van der Waals surface area contributed by atoms with E-state index in [2.05, 4.69) is 24.3 Å². The summed E-state index contributed by atoms with van der Waals surface area (Å²) >= 11 is 6.02. The highest BCUT2D eigenvalue weighted by atomic mass is 35.5. The summed E-state index contributed by atoms with van der Waals surface area (Å²) in [5, 5.41) is 0.839. The van der Waals surface area contributed by atoms with E-state index in [0.29, 0.717) is 17.9 Å². The van der Waals surface area contributed by atoms with Crippen LogP contribution < -0.4 is 5.73 Å². The first kappa shape index (κ1) is 9.44. The molecule has 0 saturated carbocycles. The number of hydrogen-bond donors (Lipinski definition) is 1. The van der Waals surface area contributed by atoms with Gasteiger partial charge in [-0.2, -0.15) is 0 Å². The van der Waals surface area contributed by atoms with Crippen LogP contribution in [0.1, 0.15) is 23.5 Å². The molecule has 3 rings (SSSR count). The van der Waals surface area contributed by atoms with Crippen LogP contribution in [0.15, 0.2) is 30.4 Å². The van der Waals surface area contributed by atoms with Crippen molar-refractivity contribution >= 4 is 11.6 Å². The van der Waals surface area contributed by atoms with E-state index in [4.69, 9.17) is 17.3 Å². The lowest BCUT2D eigenvalue weighted by atomic mass is 9.69. The molecule has 2 heteroatoms. The first-order valence-corrected chi connectivity index (χ1v) is 5.84. The molecule has 2 aliphatic carbocycles. The second-order valence-electron chi connectivity index (χ2n) is 4.56. The van der Waals surface area contributed by atoms with E-state index in [-0.39, 0.29) is 0 Å². The van der Waals surface area contributed by atoms with Gasteiger partial charge in [0.15, 0.2) is 0 Å². The molecule has 78 valence electrons. The van der Waals surface area contributed by atoms with E-state index < -0.39 is 0 Å². The lowest BCUT2D eigenvalue weighted by Crippen LogP contribution is -2.42. The smallest absolute Gasteiger partial charge is 0.0408 e. The van der Waals surface area contributed by atoms with Crippen molar-refractivity contribution in [3.63, 3.8) is 0 Å². The molecular formula is C13H14ClN. The second-order valence-corrected chi connectivity index (χ2v) is 5.00. The number of fused-ring (bicyclic) bond motifs is 4. The minimum Gasteiger partial charge on any atom is -0.327 e. The average Bonchev–Trinajstić information content (AvgIpc) is 2.19. The molecule has 0 aliphatic heterocycles. The first-order valence-electron chi connectivity index (χ1n) is 5.46. The van der Waals surface area contributed by atoms with Gasteiger partial charge < -0.3 is 5.73 Å². The van der Waals surface area contributed by atoms with Crippen LogP contribution in [0.5, 0.6) is 0 Å². The normalized spacial score (nSPS) is 32.5. The minimum atomic E-state index is 0.295. The fraction of sp³-hybridized carbons (Fsp3) is 0.385. The average molecular weight is 220 g/mol. The fourth-order valence-electron chi connectivity index (χ4n) is 2.89. The molecule has 2 bridgehead atoms. The summed E-state index contributed by atoms with van der Waals surface area (Å²) in [6.45, 7) is 0. The Morgan fingerprint density at radius 2 is 2.20 bits per heavy atom. The van der Waals surface area contributed by atoms with Crippen LogP contribution in [0.2, 0.25) is 5.02 Å². The van der Waals surface area contributed by atoms with Crippen molar-refractivity contribution in [1.29, 1.82) is 0 Å². The van der Waals surface area contributed by atoms with E-state index in [0.717, 1.165) is 17.9 Å². The van der Waals surface area contributed by atoms with Gasteiger partial charge in [0.25, 0.3) is 0 Å². The Labute approximate surface area is 94.9 Å². The van der Waals surface area contributed by atoms with Crippen LogP contribution in [0.3, 0.4) is 0 Å². The van der Waals surface area contributed by atoms with Crippen LogP contribution in [-0.4, -0.2) is 6.04 Å². The number of rotatable bonds is 0. The number of halogens is 1. The van der Waals surface area contributed by atoms with Gasteiger partial charge in [-0.1, -0.05) is 29.8 Å². The van der Waals surface area contributed by atoms with Crippen LogP contribution in [0.4, 0.5) is 0 Å². The molecule has 0 heterocycles. The molecule has 0 fully saturated rings. The van der Waals surface area contributed by atoms with Crippen LogP contribution in [0.25, 0.3) is 0 Å². The topological polar surface area (TPSA) is 26.0 Å². The highest BCUT2D eigenvalue weighted by Gasteiger charge is 2.34. The minimum absolute atomic E-state index is 0.295. The van der Waals surface area contributed by atoms with Gasteiger partial charge in [-0.05, 0) is 42.0 Å². The monoisotopic (exact) mass is 219 g/mol. The van der Waals surface area contributed by atoms with Gasteiger partial charge in [0.2, 0.25) is 0 Å². The van der Waals surface area contributed by atoms with Gasteiger partial charge in [0.1, 0.15) is 0 Å². The van der Waals surface area contributed by atoms with Crippen LogP contribution in [-0.2, 0) is 6.42 Å². The van der Waals surface area contributed by atoms with Gasteiger partial charge >= 0.3 is 0 Å². The molecule has 15 heavy (non-hydrogen) atoms. The van der Waals surface area contributed by atoms with Gasteiger partial charge in [0, 0.05) is 17.0 Å². The summed E-state index contributed by atoms with van der Waals surface area (Å²) in [7, 11) is 0. The van der Waals surface area contributed by atoms with E-state index >= 15 is 0 Å². The quantitative estimate of drug-likeness (QED) is 0.668. The summed E-state index contributed by atoms with van der Waals surface area (Å²) in [5.41, 5.74) is 9.05. The standard InChI is InChI=1S/C13H14ClN/c14-10-4-5-11-9(7-10)6-8-2-1-3-12(11)13(8)15/h1-2,4-5,7-8,12-13H,3,6,15H2. The van der Waals surface area contributed by atoms with Crippen molar-refractivity contribution in [1.82, 2.24) is 0 Å². The maximum absolute atomic E-state index is 6.25. The summed E-state index contributed by atoms with van der Waals surface area (Å²) in [5.74, 6) is 1.01. The first-order chi connectivity index (χ1) is 7.25. The fourth-order valence-corrected chi connectivity index (χ4v) is 3.08. The van der Waals surface area contributed by atoms with Gasteiger partial charge in [-0.25, -0.2) is 0 Å². The summed E-state index contributed by atoms with van der Waals surface area (Å²) in [6.07, 6.45) is 6.66. The van der Waals surface area contributed by atoms with Crippen molar-refractivity contribution < 1.29 is 0 Å². The van der Waals surface area contributed by atoms with Gasteiger partial charge in [-0.3, -0.25) is 0 Å². The van der Waals surface area contributed by atoms with Crippen LogP contribution >= 0.6 is 11.6 Å². The van der Waals surface area contributed by atoms with Crippen molar-refractivity contribution in [3.8, 4) is 0 Å². The molecule has 1 aromatic carbocycles. The van der Waals surface area contributed by atoms with Crippen molar-refractivity contribution in [2.75, 3.05) is 0 Å². The molecule has 1 aromatic rings. The molecule has 0 aromatic heterocycles.